The molecule has 6 nitrogen and oxygen atoms in total. The number of tetrazole rings is 1. The molecule has 0 amide bonds. The van der Waals surface area contributed by atoms with Crippen molar-refractivity contribution in [3.05, 3.63) is 66.5 Å². The molecule has 0 saturated heterocycles. The number of benzene rings is 2. The van der Waals surface area contributed by atoms with Crippen LogP contribution in [-0.4, -0.2) is 26.2 Å². The van der Waals surface area contributed by atoms with Crippen LogP contribution in [0.2, 0.25) is 0 Å². The summed E-state index contributed by atoms with van der Waals surface area (Å²) in [6, 6.07) is 16.6. The summed E-state index contributed by atoms with van der Waals surface area (Å²) in [4.78, 5) is 12.5. The number of hydrogen-bond acceptors (Lipinski definition) is 5. The molecule has 3 aromatic rings. The topological polar surface area (TPSA) is 69.9 Å². The minimum absolute atomic E-state index is 0.307. The van der Waals surface area contributed by atoms with Gasteiger partial charge < -0.3 is 4.74 Å². The van der Waals surface area contributed by atoms with Gasteiger partial charge in [-0.2, -0.15) is 0 Å². The largest absolute Gasteiger partial charge is 0.426 e. The Balaban J connectivity index is 1.75. The van der Waals surface area contributed by atoms with Gasteiger partial charge in [0.15, 0.2) is 0 Å². The van der Waals surface area contributed by atoms with Crippen molar-refractivity contribution in [2.45, 2.75) is 19.3 Å². The van der Waals surface area contributed by atoms with Crippen LogP contribution in [0.1, 0.15) is 19.4 Å². The second-order valence-electron chi connectivity index (χ2n) is 5.63. The van der Waals surface area contributed by atoms with Crippen LogP contribution in [-0.2, 0) is 10.2 Å². The molecule has 0 N–H and O–H groups in total. The van der Waals surface area contributed by atoms with E-state index in [9.17, 15) is 4.79 Å². The van der Waals surface area contributed by atoms with Gasteiger partial charge in [0.2, 0.25) is 0 Å². The van der Waals surface area contributed by atoms with Gasteiger partial charge >= 0.3 is 5.97 Å². The predicted molar refractivity (Wildman–Crippen MR) is 84.3 cm³/mol. The smallest absolute Gasteiger partial charge is 0.321 e. The Morgan fingerprint density at radius 1 is 1.04 bits per heavy atom. The second-order valence-corrected chi connectivity index (χ2v) is 5.63. The highest BCUT2D eigenvalue weighted by Gasteiger charge is 2.31. The number of hydrogen-bond donors (Lipinski definition) is 0. The van der Waals surface area contributed by atoms with Gasteiger partial charge in [-0.05, 0) is 54.1 Å². The lowest BCUT2D eigenvalue weighted by Gasteiger charge is -2.22. The molecule has 1 aromatic heterocycles. The second kappa shape index (κ2) is 6.00. The zero-order valence-corrected chi connectivity index (χ0v) is 12.9. The molecule has 0 aliphatic carbocycles. The summed E-state index contributed by atoms with van der Waals surface area (Å²) in [5.74, 6) is 0.176. The van der Waals surface area contributed by atoms with Crippen LogP contribution >= 0.6 is 0 Å². The zero-order chi connectivity index (χ0) is 16.3. The van der Waals surface area contributed by atoms with E-state index in [1.54, 1.807) is 24.3 Å². The molecule has 23 heavy (non-hydrogen) atoms. The molecular weight excluding hydrogens is 292 g/mol. The SMILES string of the molecule is CC(C)(C(=O)Oc1ccc(-n2cnnn2)cc1)c1ccccc1. The standard InChI is InChI=1S/C17H16N4O2/c1-17(2,13-6-4-3-5-7-13)16(22)23-15-10-8-14(9-11-15)21-12-18-19-20-21/h3-12H,1-2H3. The van der Waals surface area contributed by atoms with E-state index < -0.39 is 5.41 Å². The average Bonchev–Trinajstić information content (AvgIpc) is 3.11. The maximum Gasteiger partial charge on any atom is 0.321 e. The monoisotopic (exact) mass is 308 g/mol. The molecule has 0 saturated carbocycles. The lowest BCUT2D eigenvalue weighted by Crippen LogP contribution is -2.33. The Labute approximate surface area is 133 Å². The zero-order valence-electron chi connectivity index (χ0n) is 12.9. The van der Waals surface area contributed by atoms with Crippen LogP contribution < -0.4 is 4.74 Å². The highest BCUT2D eigenvalue weighted by Crippen LogP contribution is 2.26. The van der Waals surface area contributed by atoms with Crippen LogP contribution in [0.4, 0.5) is 0 Å². The van der Waals surface area contributed by atoms with Crippen molar-refractivity contribution in [3.63, 3.8) is 0 Å². The lowest BCUT2D eigenvalue weighted by atomic mass is 9.85. The molecule has 0 aliphatic rings. The Bertz CT molecular complexity index is 781. The number of carbonyl (C=O) groups is 1. The Hall–Kier alpha value is -3.02. The quantitative estimate of drug-likeness (QED) is 0.547. The van der Waals surface area contributed by atoms with E-state index in [1.807, 2.05) is 44.2 Å². The van der Waals surface area contributed by atoms with Gasteiger partial charge in [-0.25, -0.2) is 4.68 Å². The molecule has 3 rings (SSSR count). The van der Waals surface area contributed by atoms with Crippen LogP contribution in [0.5, 0.6) is 5.75 Å². The first-order chi connectivity index (χ1) is 11.1. The molecule has 116 valence electrons. The maximum absolute atomic E-state index is 12.5. The van der Waals surface area contributed by atoms with E-state index in [1.165, 1.54) is 11.0 Å². The van der Waals surface area contributed by atoms with Crippen molar-refractivity contribution in [3.8, 4) is 11.4 Å². The molecule has 0 aliphatic heterocycles. The van der Waals surface area contributed by atoms with Gasteiger partial charge in [0, 0.05) is 0 Å². The van der Waals surface area contributed by atoms with Gasteiger partial charge in [-0.1, -0.05) is 30.3 Å². The van der Waals surface area contributed by atoms with E-state index in [4.69, 9.17) is 4.74 Å². The van der Waals surface area contributed by atoms with Crippen molar-refractivity contribution in [1.29, 1.82) is 0 Å². The molecule has 0 unspecified atom stereocenters. The highest BCUT2D eigenvalue weighted by molar-refractivity contribution is 5.84. The predicted octanol–water partition coefficient (Wildman–Crippen LogP) is 2.55. The molecule has 2 aromatic carbocycles. The van der Waals surface area contributed by atoms with Gasteiger partial charge in [0.25, 0.3) is 0 Å². The summed E-state index contributed by atoms with van der Waals surface area (Å²) in [6.45, 7) is 3.69. The fourth-order valence-corrected chi connectivity index (χ4v) is 2.15. The summed E-state index contributed by atoms with van der Waals surface area (Å²) >= 11 is 0. The van der Waals surface area contributed by atoms with Crippen molar-refractivity contribution >= 4 is 5.97 Å². The lowest BCUT2D eigenvalue weighted by molar-refractivity contribution is -0.139. The molecule has 0 bridgehead atoms. The van der Waals surface area contributed by atoms with Crippen molar-refractivity contribution in [1.82, 2.24) is 20.2 Å². The van der Waals surface area contributed by atoms with Crippen LogP contribution in [0.3, 0.4) is 0 Å². The molecule has 0 spiro atoms. The third-order valence-corrected chi connectivity index (χ3v) is 3.67. The Morgan fingerprint density at radius 3 is 2.35 bits per heavy atom. The van der Waals surface area contributed by atoms with Crippen LogP contribution in [0.15, 0.2) is 60.9 Å². The summed E-state index contributed by atoms with van der Waals surface area (Å²) in [5.41, 5.74) is 0.975. The molecular formula is C17H16N4O2. The third-order valence-electron chi connectivity index (χ3n) is 3.67. The Morgan fingerprint density at radius 2 is 1.74 bits per heavy atom. The van der Waals surface area contributed by atoms with E-state index in [0.717, 1.165) is 11.3 Å². The molecule has 0 radical (unpaired) electrons. The van der Waals surface area contributed by atoms with Gasteiger partial charge in [-0.3, -0.25) is 4.79 Å². The summed E-state index contributed by atoms with van der Waals surface area (Å²) < 4.78 is 7.03. The molecule has 1 heterocycles. The van der Waals surface area contributed by atoms with E-state index in [-0.39, 0.29) is 5.97 Å². The summed E-state index contributed by atoms with van der Waals surface area (Å²) in [6.07, 6.45) is 1.50. The third kappa shape index (κ3) is 3.11. The minimum Gasteiger partial charge on any atom is -0.426 e. The molecule has 0 fully saturated rings. The first-order valence-electron chi connectivity index (χ1n) is 7.18. The number of nitrogens with zero attached hydrogens (tertiary/aromatic N) is 4. The number of ether oxygens (including phenoxy) is 1. The van der Waals surface area contributed by atoms with Crippen molar-refractivity contribution in [2.24, 2.45) is 0 Å². The number of esters is 1. The first kappa shape index (κ1) is 14.9. The van der Waals surface area contributed by atoms with Gasteiger partial charge in [-0.15, -0.1) is 5.10 Å². The van der Waals surface area contributed by atoms with Gasteiger partial charge in [0.1, 0.15) is 12.1 Å². The van der Waals surface area contributed by atoms with E-state index in [0.29, 0.717) is 5.75 Å². The van der Waals surface area contributed by atoms with E-state index in [2.05, 4.69) is 15.5 Å². The van der Waals surface area contributed by atoms with Crippen molar-refractivity contribution in [2.75, 3.05) is 0 Å². The number of carbonyl (C=O) groups excluding carboxylic acids is 1. The number of aromatic nitrogens is 4. The number of rotatable bonds is 4. The molecule has 0 atom stereocenters. The Kier molecular flexibility index (Phi) is 3.89. The summed E-state index contributed by atoms with van der Waals surface area (Å²) in [7, 11) is 0. The fourth-order valence-electron chi connectivity index (χ4n) is 2.15. The van der Waals surface area contributed by atoms with Crippen molar-refractivity contribution < 1.29 is 9.53 Å². The average molecular weight is 308 g/mol. The normalized spacial score (nSPS) is 11.2. The maximum atomic E-state index is 12.5. The van der Waals surface area contributed by atoms with Crippen LogP contribution in [0, 0.1) is 0 Å². The fraction of sp³-hybridized carbons (Fsp3) is 0.176. The molecule has 6 heteroatoms. The van der Waals surface area contributed by atoms with E-state index >= 15 is 0 Å². The highest BCUT2D eigenvalue weighted by atomic mass is 16.5. The first-order valence-corrected chi connectivity index (χ1v) is 7.18. The summed E-state index contributed by atoms with van der Waals surface area (Å²) in [5, 5.41) is 11.0. The van der Waals surface area contributed by atoms with Crippen LogP contribution in [0.25, 0.3) is 5.69 Å². The van der Waals surface area contributed by atoms with Gasteiger partial charge in [0.05, 0.1) is 11.1 Å². The minimum atomic E-state index is -0.726.